The van der Waals surface area contributed by atoms with Gasteiger partial charge in [0, 0.05) is 11.1 Å². The van der Waals surface area contributed by atoms with Gasteiger partial charge >= 0.3 is 0 Å². The van der Waals surface area contributed by atoms with Gasteiger partial charge in [-0.2, -0.15) is 0 Å². The quantitative estimate of drug-likeness (QED) is 0.742. The number of nitrogen functional groups attached to an aromatic ring is 1. The summed E-state index contributed by atoms with van der Waals surface area (Å²) < 4.78 is 14.2. The number of carbonyl (C=O) groups excluding carboxylic acids is 1. The Morgan fingerprint density at radius 3 is 2.74 bits per heavy atom. The normalized spacial score (nSPS) is 14.6. The molecule has 1 aliphatic rings. The Balaban J connectivity index is 1.60. The van der Waals surface area contributed by atoms with Crippen LogP contribution in [-0.4, -0.2) is 40.4 Å². The van der Waals surface area contributed by atoms with Crippen molar-refractivity contribution >= 4 is 28.3 Å². The maximum Gasteiger partial charge on any atom is 0.238 e. The first kappa shape index (κ1) is 17.4. The molecule has 2 heterocycles. The molecule has 0 atom stereocenters. The van der Waals surface area contributed by atoms with Gasteiger partial charge in [-0.15, -0.1) is 0 Å². The van der Waals surface area contributed by atoms with Crippen molar-refractivity contribution in [1.29, 1.82) is 0 Å². The fourth-order valence-electron chi connectivity index (χ4n) is 3.43. The second kappa shape index (κ2) is 7.28. The van der Waals surface area contributed by atoms with E-state index in [-0.39, 0.29) is 5.91 Å². The Kier molecular flexibility index (Phi) is 4.68. The van der Waals surface area contributed by atoms with E-state index in [4.69, 9.17) is 5.73 Å². The number of aromatic nitrogens is 2. The molecular weight excluding hydrogens is 345 g/mol. The summed E-state index contributed by atoms with van der Waals surface area (Å²) in [7, 11) is 0. The summed E-state index contributed by atoms with van der Waals surface area (Å²) in [5, 5.41) is 3.51. The van der Waals surface area contributed by atoms with Crippen LogP contribution in [0.1, 0.15) is 12.8 Å². The molecule has 0 aliphatic carbocycles. The Morgan fingerprint density at radius 1 is 1.11 bits per heavy atom. The maximum atomic E-state index is 14.2. The highest BCUT2D eigenvalue weighted by Gasteiger charge is 2.15. The van der Waals surface area contributed by atoms with Crippen molar-refractivity contribution in [2.24, 2.45) is 0 Å². The largest absolute Gasteiger partial charge is 0.383 e. The molecule has 27 heavy (non-hydrogen) atoms. The van der Waals surface area contributed by atoms with Crippen LogP contribution in [0.2, 0.25) is 0 Å². The van der Waals surface area contributed by atoms with Gasteiger partial charge in [0.25, 0.3) is 0 Å². The molecule has 4 rings (SSSR count). The van der Waals surface area contributed by atoms with E-state index >= 15 is 0 Å². The first-order valence-electron chi connectivity index (χ1n) is 8.92. The van der Waals surface area contributed by atoms with Crippen LogP contribution in [0, 0.1) is 5.82 Å². The van der Waals surface area contributed by atoms with Gasteiger partial charge in [0.15, 0.2) is 0 Å². The lowest BCUT2D eigenvalue weighted by molar-refractivity contribution is -0.117. The number of carbonyl (C=O) groups is 1. The minimum Gasteiger partial charge on any atom is -0.383 e. The van der Waals surface area contributed by atoms with Crippen molar-refractivity contribution in [2.45, 2.75) is 12.8 Å². The predicted molar refractivity (Wildman–Crippen MR) is 104 cm³/mol. The molecule has 0 unspecified atom stereocenters. The number of fused-ring (bicyclic) bond motifs is 1. The highest BCUT2D eigenvalue weighted by Crippen LogP contribution is 2.28. The fraction of sp³-hybridized carbons (Fsp3) is 0.250. The highest BCUT2D eigenvalue weighted by molar-refractivity contribution is 5.94. The van der Waals surface area contributed by atoms with Gasteiger partial charge in [0.1, 0.15) is 18.0 Å². The summed E-state index contributed by atoms with van der Waals surface area (Å²) in [6.45, 7) is 2.19. The first-order chi connectivity index (χ1) is 13.1. The second-order valence-corrected chi connectivity index (χ2v) is 6.75. The number of likely N-dealkylation sites (tertiary alicyclic amines) is 1. The molecule has 1 saturated heterocycles. The zero-order valence-electron chi connectivity index (χ0n) is 14.8. The van der Waals surface area contributed by atoms with Crippen molar-refractivity contribution in [1.82, 2.24) is 14.9 Å². The molecule has 0 bridgehead atoms. The molecule has 0 radical (unpaired) electrons. The average molecular weight is 365 g/mol. The smallest absolute Gasteiger partial charge is 0.238 e. The maximum absolute atomic E-state index is 14.2. The van der Waals surface area contributed by atoms with Crippen molar-refractivity contribution in [3.63, 3.8) is 0 Å². The van der Waals surface area contributed by atoms with Gasteiger partial charge in [0.2, 0.25) is 5.91 Å². The number of nitrogens with one attached hydrogen (secondary N) is 1. The Bertz CT molecular complexity index is 1000. The highest BCUT2D eigenvalue weighted by atomic mass is 19.1. The van der Waals surface area contributed by atoms with Crippen LogP contribution < -0.4 is 11.1 Å². The number of halogens is 1. The second-order valence-electron chi connectivity index (χ2n) is 6.75. The van der Waals surface area contributed by atoms with Crippen LogP contribution in [0.3, 0.4) is 0 Å². The summed E-state index contributed by atoms with van der Waals surface area (Å²) >= 11 is 0. The van der Waals surface area contributed by atoms with Crippen LogP contribution in [-0.2, 0) is 4.79 Å². The van der Waals surface area contributed by atoms with Crippen molar-refractivity contribution < 1.29 is 9.18 Å². The van der Waals surface area contributed by atoms with Crippen LogP contribution in [0.15, 0.2) is 42.7 Å². The summed E-state index contributed by atoms with van der Waals surface area (Å²) in [4.78, 5) is 22.5. The summed E-state index contributed by atoms with van der Waals surface area (Å²) in [5.41, 5.74) is 8.51. The summed E-state index contributed by atoms with van der Waals surface area (Å²) in [5.74, 6) is -0.177. The average Bonchev–Trinajstić information content (AvgIpc) is 3.14. The molecule has 3 aromatic rings. The molecule has 1 aliphatic heterocycles. The molecule has 0 saturated carbocycles. The summed E-state index contributed by atoms with van der Waals surface area (Å²) in [6.07, 6.45) is 3.64. The molecule has 0 spiro atoms. The Labute approximate surface area is 156 Å². The number of nitrogens with zero attached hydrogens (tertiary/aromatic N) is 3. The third-order valence-corrected chi connectivity index (χ3v) is 4.75. The minimum atomic E-state index is -0.415. The van der Waals surface area contributed by atoms with Gasteiger partial charge in [-0.05, 0) is 67.4 Å². The Morgan fingerprint density at radius 2 is 1.93 bits per heavy atom. The van der Waals surface area contributed by atoms with E-state index in [0.717, 1.165) is 37.0 Å². The Hall–Kier alpha value is -3.06. The van der Waals surface area contributed by atoms with E-state index in [2.05, 4.69) is 20.2 Å². The van der Waals surface area contributed by atoms with Gasteiger partial charge in [-0.25, -0.2) is 14.4 Å². The molecule has 138 valence electrons. The molecule has 7 heteroatoms. The molecule has 6 nitrogen and oxygen atoms in total. The number of amides is 1. The topological polar surface area (TPSA) is 84.1 Å². The number of nitrogens with two attached hydrogens (primary N) is 1. The zero-order chi connectivity index (χ0) is 18.8. The lowest BCUT2D eigenvalue weighted by atomic mass is 10.0. The SMILES string of the molecule is Nc1ncnc2ccc(-c3cc(F)cc(NC(=O)CN4CCCC4)c3)cc12. The predicted octanol–water partition coefficient (Wildman–Crippen LogP) is 3.05. The molecule has 3 N–H and O–H groups in total. The lowest BCUT2D eigenvalue weighted by Gasteiger charge is -2.14. The molecule has 1 fully saturated rings. The van der Waals surface area contributed by atoms with E-state index in [0.29, 0.717) is 29.0 Å². The van der Waals surface area contributed by atoms with Gasteiger partial charge in [-0.3, -0.25) is 9.69 Å². The standard InChI is InChI=1S/C20H20FN5O/c21-15-7-14(13-3-4-18-17(9-13)20(22)24-12-23-18)8-16(10-15)25-19(27)11-26-5-1-2-6-26/h3-4,7-10,12H,1-2,5-6,11H2,(H,25,27)(H2,22,23,24). The summed E-state index contributed by atoms with van der Waals surface area (Å²) in [6, 6.07) is 10.0. The third kappa shape index (κ3) is 3.88. The number of anilines is 2. The van der Waals surface area contributed by atoms with Crippen LogP contribution in [0.25, 0.3) is 22.0 Å². The number of hydrogen-bond donors (Lipinski definition) is 2. The molecule has 2 aromatic carbocycles. The van der Waals surface area contributed by atoms with E-state index in [1.807, 2.05) is 18.2 Å². The van der Waals surface area contributed by atoms with Crippen molar-refractivity contribution in [3.8, 4) is 11.1 Å². The first-order valence-corrected chi connectivity index (χ1v) is 8.92. The van der Waals surface area contributed by atoms with Gasteiger partial charge < -0.3 is 11.1 Å². The zero-order valence-corrected chi connectivity index (χ0v) is 14.8. The van der Waals surface area contributed by atoms with Crippen molar-refractivity contribution in [2.75, 3.05) is 30.7 Å². The monoisotopic (exact) mass is 365 g/mol. The van der Waals surface area contributed by atoms with Gasteiger partial charge in [0.05, 0.1) is 12.1 Å². The van der Waals surface area contributed by atoms with E-state index < -0.39 is 5.82 Å². The molecular formula is C20H20FN5O. The number of hydrogen-bond acceptors (Lipinski definition) is 5. The molecule has 1 amide bonds. The van der Waals surface area contributed by atoms with Crippen LogP contribution in [0.4, 0.5) is 15.9 Å². The van der Waals surface area contributed by atoms with E-state index in [1.165, 1.54) is 18.5 Å². The number of benzene rings is 2. The third-order valence-electron chi connectivity index (χ3n) is 4.75. The van der Waals surface area contributed by atoms with E-state index in [1.54, 1.807) is 6.07 Å². The molecule has 1 aromatic heterocycles. The minimum absolute atomic E-state index is 0.135. The van der Waals surface area contributed by atoms with Crippen LogP contribution in [0.5, 0.6) is 0 Å². The van der Waals surface area contributed by atoms with Crippen LogP contribution >= 0.6 is 0 Å². The fourth-order valence-corrected chi connectivity index (χ4v) is 3.43. The van der Waals surface area contributed by atoms with Crippen molar-refractivity contribution in [3.05, 3.63) is 48.5 Å². The van der Waals surface area contributed by atoms with E-state index in [9.17, 15) is 9.18 Å². The number of rotatable bonds is 4. The lowest BCUT2D eigenvalue weighted by Crippen LogP contribution is -2.30. The van der Waals surface area contributed by atoms with Gasteiger partial charge in [-0.1, -0.05) is 6.07 Å².